The number of ether oxygens (including phenoxy) is 1. The Morgan fingerprint density at radius 3 is 2.88 bits per heavy atom. The molecule has 16 heavy (non-hydrogen) atoms. The van der Waals surface area contributed by atoms with Crippen LogP contribution in [0.2, 0.25) is 5.02 Å². The lowest BCUT2D eigenvalue weighted by atomic mass is 9.97. The molecule has 0 bridgehead atoms. The molecule has 1 heterocycles. The van der Waals surface area contributed by atoms with E-state index in [0.29, 0.717) is 18.6 Å². The summed E-state index contributed by atoms with van der Waals surface area (Å²) in [6.45, 7) is 0.640. The van der Waals surface area contributed by atoms with Crippen molar-refractivity contribution in [3.8, 4) is 0 Å². The summed E-state index contributed by atoms with van der Waals surface area (Å²) in [7, 11) is 0. The number of hydrogen-bond donors (Lipinski definition) is 1. The van der Waals surface area contributed by atoms with Gasteiger partial charge >= 0.3 is 0 Å². The molecule has 1 N–H and O–H groups in total. The number of halogens is 2. The standard InChI is InChI=1S/C12H12ClFO2/c13-9-4-1-5-10(14)11(9)12(15)8-3-2-6-16-7-8/h1,4-5,7,12,15H,2-3,6H2. The van der Waals surface area contributed by atoms with Gasteiger partial charge in [-0.15, -0.1) is 0 Å². The van der Waals surface area contributed by atoms with Gasteiger partial charge in [0.1, 0.15) is 11.9 Å². The molecule has 2 rings (SSSR count). The van der Waals surface area contributed by atoms with Crippen LogP contribution in [0.4, 0.5) is 4.39 Å². The highest BCUT2D eigenvalue weighted by atomic mass is 35.5. The van der Waals surface area contributed by atoms with E-state index in [-0.39, 0.29) is 10.6 Å². The van der Waals surface area contributed by atoms with Crippen molar-refractivity contribution in [1.82, 2.24) is 0 Å². The molecule has 1 atom stereocenters. The molecule has 0 spiro atoms. The second-order valence-electron chi connectivity index (χ2n) is 3.70. The van der Waals surface area contributed by atoms with E-state index in [1.165, 1.54) is 18.4 Å². The van der Waals surface area contributed by atoms with E-state index in [0.717, 1.165) is 6.42 Å². The smallest absolute Gasteiger partial charge is 0.130 e. The van der Waals surface area contributed by atoms with Gasteiger partial charge in [-0.1, -0.05) is 17.7 Å². The summed E-state index contributed by atoms with van der Waals surface area (Å²) in [6.07, 6.45) is 2.01. The van der Waals surface area contributed by atoms with Crippen LogP contribution in [0, 0.1) is 5.82 Å². The lowest BCUT2D eigenvalue weighted by Crippen LogP contribution is -2.09. The molecule has 1 unspecified atom stereocenters. The molecule has 0 aromatic heterocycles. The molecule has 1 aromatic carbocycles. The van der Waals surface area contributed by atoms with Crippen molar-refractivity contribution in [3.05, 3.63) is 46.4 Å². The van der Waals surface area contributed by atoms with Crippen molar-refractivity contribution >= 4 is 11.6 Å². The Labute approximate surface area is 98.3 Å². The summed E-state index contributed by atoms with van der Waals surface area (Å²) < 4.78 is 18.7. The van der Waals surface area contributed by atoms with Crippen LogP contribution < -0.4 is 0 Å². The SMILES string of the molecule is OC(C1=COCCC1)c1c(F)cccc1Cl. The van der Waals surface area contributed by atoms with E-state index in [1.54, 1.807) is 6.07 Å². The fourth-order valence-corrected chi connectivity index (χ4v) is 2.01. The van der Waals surface area contributed by atoms with Crippen LogP contribution in [0.1, 0.15) is 24.5 Å². The Hall–Kier alpha value is -1.06. The summed E-state index contributed by atoms with van der Waals surface area (Å²) >= 11 is 5.88. The van der Waals surface area contributed by atoms with Crippen molar-refractivity contribution in [2.24, 2.45) is 0 Å². The minimum Gasteiger partial charge on any atom is -0.501 e. The third kappa shape index (κ3) is 2.20. The predicted octanol–water partition coefficient (Wildman–Crippen LogP) is 3.21. The molecule has 86 valence electrons. The minimum atomic E-state index is -1.02. The highest BCUT2D eigenvalue weighted by molar-refractivity contribution is 6.31. The van der Waals surface area contributed by atoms with E-state index < -0.39 is 11.9 Å². The van der Waals surface area contributed by atoms with Crippen LogP contribution in [0.3, 0.4) is 0 Å². The van der Waals surface area contributed by atoms with Crippen LogP contribution in [-0.4, -0.2) is 11.7 Å². The Morgan fingerprint density at radius 1 is 1.44 bits per heavy atom. The summed E-state index contributed by atoms with van der Waals surface area (Å²) in [5.41, 5.74) is 0.791. The summed E-state index contributed by atoms with van der Waals surface area (Å²) in [5, 5.41) is 10.3. The van der Waals surface area contributed by atoms with Gasteiger partial charge in [0.15, 0.2) is 0 Å². The number of rotatable bonds is 2. The van der Waals surface area contributed by atoms with Crippen molar-refractivity contribution in [3.63, 3.8) is 0 Å². The van der Waals surface area contributed by atoms with E-state index in [9.17, 15) is 9.50 Å². The van der Waals surface area contributed by atoms with E-state index in [1.807, 2.05) is 0 Å². The fraction of sp³-hybridized carbons (Fsp3) is 0.333. The molecular formula is C12H12ClFO2. The topological polar surface area (TPSA) is 29.5 Å². The van der Waals surface area contributed by atoms with Crippen LogP contribution in [0.15, 0.2) is 30.0 Å². The van der Waals surface area contributed by atoms with Gasteiger partial charge in [0, 0.05) is 10.6 Å². The average Bonchev–Trinajstić information content (AvgIpc) is 2.30. The monoisotopic (exact) mass is 242 g/mol. The van der Waals surface area contributed by atoms with Crippen molar-refractivity contribution in [1.29, 1.82) is 0 Å². The predicted molar refractivity (Wildman–Crippen MR) is 59.6 cm³/mol. The van der Waals surface area contributed by atoms with Gasteiger partial charge in [-0.3, -0.25) is 0 Å². The Balaban J connectivity index is 2.33. The van der Waals surface area contributed by atoms with Gasteiger partial charge in [-0.25, -0.2) is 4.39 Å². The van der Waals surface area contributed by atoms with Crippen molar-refractivity contribution in [2.75, 3.05) is 6.61 Å². The van der Waals surface area contributed by atoms with Crippen LogP contribution in [-0.2, 0) is 4.74 Å². The van der Waals surface area contributed by atoms with Gasteiger partial charge in [-0.05, 0) is 30.5 Å². The Morgan fingerprint density at radius 2 is 2.25 bits per heavy atom. The first-order valence-electron chi connectivity index (χ1n) is 5.12. The van der Waals surface area contributed by atoms with Gasteiger partial charge in [-0.2, -0.15) is 0 Å². The van der Waals surface area contributed by atoms with Gasteiger partial charge in [0.05, 0.1) is 12.9 Å². The maximum absolute atomic E-state index is 13.5. The van der Waals surface area contributed by atoms with Crippen LogP contribution in [0.5, 0.6) is 0 Å². The molecule has 1 aliphatic heterocycles. The molecule has 0 aliphatic carbocycles. The fourth-order valence-electron chi connectivity index (χ4n) is 1.74. The number of hydrogen-bond acceptors (Lipinski definition) is 2. The highest BCUT2D eigenvalue weighted by Gasteiger charge is 2.21. The third-order valence-corrected chi connectivity index (χ3v) is 2.92. The number of aliphatic hydroxyl groups excluding tert-OH is 1. The van der Waals surface area contributed by atoms with Crippen molar-refractivity contribution < 1.29 is 14.2 Å². The summed E-state index contributed by atoms with van der Waals surface area (Å²) in [5.74, 6) is -0.494. The summed E-state index contributed by atoms with van der Waals surface area (Å²) in [4.78, 5) is 0. The quantitative estimate of drug-likeness (QED) is 0.863. The molecule has 0 amide bonds. The molecule has 1 aromatic rings. The molecular weight excluding hydrogens is 231 g/mol. The first-order chi connectivity index (χ1) is 7.70. The van der Waals surface area contributed by atoms with E-state index in [4.69, 9.17) is 16.3 Å². The molecule has 0 radical (unpaired) electrons. The molecule has 1 aliphatic rings. The number of benzene rings is 1. The molecule has 0 fully saturated rings. The first kappa shape index (κ1) is 11.4. The Kier molecular flexibility index (Phi) is 3.46. The Bertz CT molecular complexity index is 397. The zero-order chi connectivity index (χ0) is 11.5. The lowest BCUT2D eigenvalue weighted by molar-refractivity contribution is 0.168. The summed E-state index contributed by atoms with van der Waals surface area (Å²) in [6, 6.07) is 4.36. The number of aliphatic hydroxyl groups is 1. The second-order valence-corrected chi connectivity index (χ2v) is 4.11. The molecule has 2 nitrogen and oxygen atoms in total. The maximum atomic E-state index is 13.5. The third-order valence-electron chi connectivity index (χ3n) is 2.59. The average molecular weight is 243 g/mol. The second kappa shape index (κ2) is 4.85. The molecule has 0 saturated heterocycles. The first-order valence-corrected chi connectivity index (χ1v) is 5.50. The lowest BCUT2D eigenvalue weighted by Gasteiger charge is -2.20. The largest absolute Gasteiger partial charge is 0.501 e. The van der Waals surface area contributed by atoms with Gasteiger partial charge in [0.2, 0.25) is 0 Å². The molecule has 4 heteroatoms. The maximum Gasteiger partial charge on any atom is 0.130 e. The minimum absolute atomic E-state index is 0.126. The highest BCUT2D eigenvalue weighted by Crippen LogP contribution is 2.33. The van der Waals surface area contributed by atoms with Gasteiger partial charge < -0.3 is 9.84 Å². The van der Waals surface area contributed by atoms with E-state index in [2.05, 4.69) is 0 Å². The van der Waals surface area contributed by atoms with E-state index >= 15 is 0 Å². The zero-order valence-corrected chi connectivity index (χ0v) is 9.38. The normalized spacial score (nSPS) is 17.6. The van der Waals surface area contributed by atoms with Crippen LogP contribution in [0.25, 0.3) is 0 Å². The van der Waals surface area contributed by atoms with Crippen LogP contribution >= 0.6 is 11.6 Å². The van der Waals surface area contributed by atoms with Gasteiger partial charge in [0.25, 0.3) is 0 Å². The molecule has 0 saturated carbocycles. The zero-order valence-electron chi connectivity index (χ0n) is 8.62. The van der Waals surface area contributed by atoms with Crippen molar-refractivity contribution in [2.45, 2.75) is 18.9 Å².